The zero-order chi connectivity index (χ0) is 27.1. The fourth-order valence-corrected chi connectivity index (χ4v) is 5.44. The second-order valence-corrected chi connectivity index (χ2v) is 10.3. The van der Waals surface area contributed by atoms with E-state index < -0.39 is 6.09 Å². The van der Waals surface area contributed by atoms with Crippen molar-refractivity contribution in [2.45, 2.75) is 32.9 Å². The van der Waals surface area contributed by atoms with Crippen molar-refractivity contribution in [1.29, 1.82) is 0 Å². The Kier molecular flexibility index (Phi) is 6.75. The quantitative estimate of drug-likeness (QED) is 0.490. The third kappa shape index (κ3) is 4.67. The zero-order valence-electron chi connectivity index (χ0n) is 21.7. The average Bonchev–Trinajstić information content (AvgIpc) is 2.88. The average molecular weight is 536 g/mol. The van der Waals surface area contributed by atoms with Crippen molar-refractivity contribution in [2.75, 3.05) is 46.8 Å². The van der Waals surface area contributed by atoms with Crippen molar-refractivity contribution in [3.05, 3.63) is 64.8 Å². The number of rotatable bonds is 4. The number of hydrogen-bond donors (Lipinski definition) is 2. The number of benzene rings is 2. The number of aromatic nitrogens is 2. The molecule has 0 bridgehead atoms. The Morgan fingerprint density at radius 3 is 2.53 bits per heavy atom. The molecule has 198 valence electrons. The lowest BCUT2D eigenvalue weighted by molar-refractivity contribution is 0.0981. The first-order valence-corrected chi connectivity index (χ1v) is 12.8. The Morgan fingerprint density at radius 1 is 1.11 bits per heavy atom. The number of para-hydroxylation sites is 1. The summed E-state index contributed by atoms with van der Waals surface area (Å²) in [5.74, 6) is 0.733. The van der Waals surface area contributed by atoms with E-state index in [0.29, 0.717) is 47.8 Å². The van der Waals surface area contributed by atoms with Crippen LogP contribution in [0.3, 0.4) is 0 Å². The predicted molar refractivity (Wildman–Crippen MR) is 149 cm³/mol. The molecule has 3 aromatic rings. The molecular weight excluding hydrogens is 506 g/mol. The van der Waals surface area contributed by atoms with Gasteiger partial charge in [-0.15, -0.1) is 0 Å². The van der Waals surface area contributed by atoms with E-state index in [0.717, 1.165) is 16.9 Å². The van der Waals surface area contributed by atoms with E-state index in [1.807, 2.05) is 69.1 Å². The van der Waals surface area contributed by atoms with Crippen LogP contribution in [0.4, 0.5) is 33.6 Å². The summed E-state index contributed by atoms with van der Waals surface area (Å²) in [7, 11) is 1.88. The van der Waals surface area contributed by atoms with Crippen LogP contribution in [-0.2, 0) is 0 Å². The second-order valence-electron chi connectivity index (χ2n) is 9.87. The van der Waals surface area contributed by atoms with Crippen LogP contribution < -0.4 is 20.0 Å². The molecule has 11 heteroatoms. The smallest absolute Gasteiger partial charge is 0.407 e. The minimum Gasteiger partial charge on any atom is -0.465 e. The summed E-state index contributed by atoms with van der Waals surface area (Å²) in [5.41, 5.74) is 3.83. The van der Waals surface area contributed by atoms with Gasteiger partial charge in [-0.2, -0.15) is 4.98 Å². The molecule has 2 aliphatic rings. The molecule has 5 rings (SSSR count). The highest BCUT2D eigenvalue weighted by atomic mass is 35.5. The van der Waals surface area contributed by atoms with Crippen molar-refractivity contribution < 1.29 is 14.7 Å². The van der Waals surface area contributed by atoms with Gasteiger partial charge < -0.3 is 25.1 Å². The van der Waals surface area contributed by atoms with Crippen LogP contribution in [0.25, 0.3) is 0 Å². The summed E-state index contributed by atoms with van der Waals surface area (Å²) in [5, 5.41) is 13.2. The van der Waals surface area contributed by atoms with E-state index in [1.54, 1.807) is 17.2 Å². The molecule has 1 saturated heterocycles. The molecule has 0 saturated carbocycles. The van der Waals surface area contributed by atoms with E-state index in [2.05, 4.69) is 20.2 Å². The lowest BCUT2D eigenvalue weighted by Crippen LogP contribution is -2.58. The lowest BCUT2D eigenvalue weighted by Gasteiger charge is -2.44. The van der Waals surface area contributed by atoms with Crippen molar-refractivity contribution in [3.63, 3.8) is 0 Å². The highest BCUT2D eigenvalue weighted by molar-refractivity contribution is 6.34. The van der Waals surface area contributed by atoms with Crippen LogP contribution in [0.2, 0.25) is 5.02 Å². The molecule has 0 radical (unpaired) electrons. The summed E-state index contributed by atoms with van der Waals surface area (Å²) in [6.45, 7) is 7.27. The summed E-state index contributed by atoms with van der Waals surface area (Å²) >= 11 is 6.43. The van der Waals surface area contributed by atoms with Gasteiger partial charge in [-0.1, -0.05) is 23.7 Å². The van der Waals surface area contributed by atoms with Gasteiger partial charge in [0.05, 0.1) is 17.4 Å². The van der Waals surface area contributed by atoms with Crippen molar-refractivity contribution in [2.24, 2.45) is 0 Å². The fourth-order valence-electron chi connectivity index (χ4n) is 5.12. The highest BCUT2D eigenvalue weighted by Crippen LogP contribution is 2.35. The summed E-state index contributed by atoms with van der Waals surface area (Å²) in [6, 6.07) is 13.4. The number of piperazine rings is 1. The number of hydrogen-bond acceptors (Lipinski definition) is 7. The molecule has 2 atom stereocenters. The van der Waals surface area contributed by atoms with Gasteiger partial charge in [0.2, 0.25) is 5.95 Å². The first-order chi connectivity index (χ1) is 18.1. The van der Waals surface area contributed by atoms with Crippen LogP contribution >= 0.6 is 11.6 Å². The number of fused-ring (bicyclic) bond motifs is 1. The van der Waals surface area contributed by atoms with Crippen LogP contribution in [0.15, 0.2) is 48.7 Å². The third-order valence-corrected chi connectivity index (χ3v) is 7.41. The SMILES string of the molecule is Cc1cccc(Cl)c1N1CN(C)c2nc(Nc3ccc(N4CC(C)N(C(=O)O)CC4C)cc3)ncc2C1=O. The highest BCUT2D eigenvalue weighted by Gasteiger charge is 2.33. The van der Waals surface area contributed by atoms with Gasteiger partial charge in [0.1, 0.15) is 11.4 Å². The molecule has 0 aliphatic carbocycles. The zero-order valence-corrected chi connectivity index (χ0v) is 22.5. The molecule has 0 spiro atoms. The maximum atomic E-state index is 13.3. The number of carbonyl (C=O) groups excluding carboxylic acids is 1. The topological polar surface area (TPSA) is 105 Å². The molecule has 3 heterocycles. The Bertz CT molecular complexity index is 1360. The number of nitrogens with one attached hydrogen (secondary N) is 1. The number of amides is 2. The Morgan fingerprint density at radius 2 is 1.84 bits per heavy atom. The molecule has 10 nitrogen and oxygen atoms in total. The van der Waals surface area contributed by atoms with E-state index in [9.17, 15) is 14.7 Å². The summed E-state index contributed by atoms with van der Waals surface area (Å²) in [6.07, 6.45) is 0.661. The fraction of sp³-hybridized carbons (Fsp3) is 0.333. The molecule has 38 heavy (non-hydrogen) atoms. The lowest BCUT2D eigenvalue weighted by atomic mass is 10.1. The van der Waals surface area contributed by atoms with E-state index in [-0.39, 0.29) is 18.0 Å². The molecule has 2 unspecified atom stereocenters. The van der Waals surface area contributed by atoms with Gasteiger partial charge in [0.25, 0.3) is 5.91 Å². The number of nitrogens with zero attached hydrogens (tertiary/aromatic N) is 6. The molecule has 2 aromatic carbocycles. The number of anilines is 5. The van der Waals surface area contributed by atoms with E-state index in [4.69, 9.17) is 11.6 Å². The van der Waals surface area contributed by atoms with Crippen molar-refractivity contribution in [3.8, 4) is 0 Å². The van der Waals surface area contributed by atoms with Crippen molar-refractivity contribution in [1.82, 2.24) is 14.9 Å². The van der Waals surface area contributed by atoms with Crippen LogP contribution in [0.5, 0.6) is 0 Å². The first kappa shape index (κ1) is 25.6. The van der Waals surface area contributed by atoms with Crippen LogP contribution in [-0.4, -0.2) is 70.9 Å². The molecular formula is C27H30ClN7O3. The minimum atomic E-state index is -0.882. The molecule has 1 aromatic heterocycles. The van der Waals surface area contributed by atoms with Gasteiger partial charge in [0.15, 0.2) is 0 Å². The molecule has 2 aliphatic heterocycles. The Hall–Kier alpha value is -4.05. The predicted octanol–water partition coefficient (Wildman–Crippen LogP) is 4.81. The van der Waals surface area contributed by atoms with Gasteiger partial charge in [-0.3, -0.25) is 9.69 Å². The maximum absolute atomic E-state index is 13.3. The van der Waals surface area contributed by atoms with Crippen molar-refractivity contribution >= 4 is 52.4 Å². The second kappa shape index (κ2) is 10.0. The first-order valence-electron chi connectivity index (χ1n) is 12.4. The largest absolute Gasteiger partial charge is 0.465 e. The molecule has 1 fully saturated rings. The Balaban J connectivity index is 1.32. The van der Waals surface area contributed by atoms with Crippen LogP contribution in [0, 0.1) is 6.92 Å². The number of carbonyl (C=O) groups is 2. The van der Waals surface area contributed by atoms with E-state index >= 15 is 0 Å². The van der Waals surface area contributed by atoms with Gasteiger partial charge in [0, 0.05) is 49.8 Å². The Labute approximate surface area is 226 Å². The maximum Gasteiger partial charge on any atom is 0.407 e. The van der Waals surface area contributed by atoms with Crippen LogP contribution in [0.1, 0.15) is 29.8 Å². The summed E-state index contributed by atoms with van der Waals surface area (Å²) in [4.78, 5) is 41.1. The number of carboxylic acid groups (broad SMARTS) is 1. The van der Waals surface area contributed by atoms with E-state index in [1.165, 1.54) is 4.90 Å². The van der Waals surface area contributed by atoms with Gasteiger partial charge in [-0.05, 0) is 56.7 Å². The van der Waals surface area contributed by atoms with Gasteiger partial charge >= 0.3 is 6.09 Å². The number of halogens is 1. The number of aryl methyl sites for hydroxylation is 1. The van der Waals surface area contributed by atoms with Gasteiger partial charge in [-0.25, -0.2) is 9.78 Å². The normalized spacial score (nSPS) is 19.4. The molecule has 2 amide bonds. The third-order valence-electron chi connectivity index (χ3n) is 7.10. The summed E-state index contributed by atoms with van der Waals surface area (Å²) < 4.78 is 0. The standard InChI is InChI=1S/C27H30ClN7O3/c1-16-6-5-7-22(28)23(16)35-15-32(4)24-21(25(35)36)12-29-26(31-24)30-19-8-10-20(11-9-19)33-13-18(3)34(27(37)38)14-17(33)2/h5-12,17-18H,13-15H2,1-4H3,(H,37,38)(H,29,30,31). The minimum absolute atomic E-state index is 0.0623. The molecule has 2 N–H and O–H groups in total. The monoisotopic (exact) mass is 535 g/mol.